The molecule has 1 aromatic rings. The second-order valence-electron chi connectivity index (χ2n) is 6.43. The smallest absolute Gasteiger partial charge is 0.231 e. The predicted molar refractivity (Wildman–Crippen MR) is 76.5 cm³/mol. The molecule has 1 N–H and O–H groups in total. The molecule has 0 heterocycles. The molecule has 1 atom stereocenters. The Bertz CT molecular complexity index is 403. The Morgan fingerprint density at radius 2 is 1.56 bits per heavy atom. The van der Waals surface area contributed by atoms with Gasteiger partial charge in [-0.1, -0.05) is 44.2 Å². The van der Waals surface area contributed by atoms with E-state index in [0.717, 1.165) is 5.56 Å². The van der Waals surface area contributed by atoms with Crippen LogP contribution in [0.3, 0.4) is 0 Å². The lowest BCUT2D eigenvalue weighted by molar-refractivity contribution is -0.129. The van der Waals surface area contributed by atoms with Crippen LogP contribution in [-0.2, 0) is 10.2 Å². The van der Waals surface area contributed by atoms with E-state index in [0.29, 0.717) is 0 Å². The molecule has 18 heavy (non-hydrogen) atoms. The number of hydrogen-bond donors (Lipinski definition) is 1. The van der Waals surface area contributed by atoms with Crippen LogP contribution in [0.2, 0.25) is 0 Å². The Labute approximate surface area is 111 Å². The molecule has 1 aromatic carbocycles. The van der Waals surface area contributed by atoms with Crippen molar-refractivity contribution in [2.75, 3.05) is 0 Å². The standard InChI is InChI=1S/C16H25NO/c1-12(2)16(6,13-10-8-7-9-11-13)14(18)17-15(3,4)5/h7-12H,1-6H3,(H,17,18). The summed E-state index contributed by atoms with van der Waals surface area (Å²) in [5, 5.41) is 3.10. The minimum absolute atomic E-state index is 0.0937. The Morgan fingerprint density at radius 3 is 1.94 bits per heavy atom. The zero-order chi connectivity index (χ0) is 14.0. The van der Waals surface area contributed by atoms with Crippen LogP contribution in [0.15, 0.2) is 30.3 Å². The van der Waals surface area contributed by atoms with Gasteiger partial charge in [-0.3, -0.25) is 4.79 Å². The third kappa shape index (κ3) is 3.12. The highest BCUT2D eigenvalue weighted by atomic mass is 16.2. The first-order valence-electron chi connectivity index (χ1n) is 6.56. The molecule has 0 saturated carbocycles. The average Bonchev–Trinajstić information content (AvgIpc) is 2.26. The van der Waals surface area contributed by atoms with Gasteiger partial charge in [0.15, 0.2) is 0 Å². The van der Waals surface area contributed by atoms with Crippen LogP contribution in [0.4, 0.5) is 0 Å². The summed E-state index contributed by atoms with van der Waals surface area (Å²) in [6.07, 6.45) is 0. The van der Waals surface area contributed by atoms with E-state index in [1.165, 1.54) is 0 Å². The minimum atomic E-state index is -0.492. The van der Waals surface area contributed by atoms with Gasteiger partial charge in [-0.15, -0.1) is 0 Å². The number of amides is 1. The van der Waals surface area contributed by atoms with Crippen molar-refractivity contribution in [1.29, 1.82) is 0 Å². The Balaban J connectivity index is 3.13. The molecule has 0 aliphatic carbocycles. The van der Waals surface area contributed by atoms with Gasteiger partial charge in [0, 0.05) is 5.54 Å². The fourth-order valence-electron chi connectivity index (χ4n) is 1.98. The van der Waals surface area contributed by atoms with Crippen LogP contribution in [0, 0.1) is 5.92 Å². The summed E-state index contributed by atoms with van der Waals surface area (Å²) in [5.41, 5.74) is 0.373. The van der Waals surface area contributed by atoms with E-state index < -0.39 is 5.41 Å². The van der Waals surface area contributed by atoms with Gasteiger partial charge in [0.05, 0.1) is 5.41 Å². The van der Waals surface area contributed by atoms with Crippen molar-refractivity contribution in [2.24, 2.45) is 5.92 Å². The Morgan fingerprint density at radius 1 is 1.06 bits per heavy atom. The predicted octanol–water partition coefficient (Wildman–Crippen LogP) is 3.52. The minimum Gasteiger partial charge on any atom is -0.351 e. The van der Waals surface area contributed by atoms with Crippen molar-refractivity contribution in [3.63, 3.8) is 0 Å². The molecule has 0 aliphatic heterocycles. The monoisotopic (exact) mass is 247 g/mol. The first-order valence-corrected chi connectivity index (χ1v) is 6.56. The zero-order valence-electron chi connectivity index (χ0n) is 12.4. The number of hydrogen-bond acceptors (Lipinski definition) is 1. The Kier molecular flexibility index (Phi) is 4.20. The van der Waals surface area contributed by atoms with Crippen molar-refractivity contribution in [3.8, 4) is 0 Å². The number of benzene rings is 1. The summed E-state index contributed by atoms with van der Waals surface area (Å²) in [4.78, 5) is 12.6. The molecular weight excluding hydrogens is 222 g/mol. The second kappa shape index (κ2) is 5.13. The van der Waals surface area contributed by atoms with Crippen LogP contribution in [0.5, 0.6) is 0 Å². The van der Waals surface area contributed by atoms with E-state index in [4.69, 9.17) is 0 Å². The molecule has 2 nitrogen and oxygen atoms in total. The van der Waals surface area contributed by atoms with E-state index in [1.807, 2.05) is 58.0 Å². The molecule has 0 aromatic heterocycles. The molecule has 1 rings (SSSR count). The summed E-state index contributed by atoms with van der Waals surface area (Å²) in [6, 6.07) is 10.0. The topological polar surface area (TPSA) is 29.1 Å². The lowest BCUT2D eigenvalue weighted by Gasteiger charge is -2.36. The zero-order valence-corrected chi connectivity index (χ0v) is 12.4. The Hall–Kier alpha value is -1.31. The van der Waals surface area contributed by atoms with Gasteiger partial charge < -0.3 is 5.32 Å². The first kappa shape index (κ1) is 14.7. The lowest BCUT2D eigenvalue weighted by atomic mass is 9.72. The summed E-state index contributed by atoms with van der Waals surface area (Å²) in [7, 11) is 0. The summed E-state index contributed by atoms with van der Waals surface area (Å²) in [5.74, 6) is 0.332. The highest BCUT2D eigenvalue weighted by Gasteiger charge is 2.39. The highest BCUT2D eigenvalue weighted by molar-refractivity contribution is 5.88. The molecule has 1 unspecified atom stereocenters. The van der Waals surface area contributed by atoms with Crippen LogP contribution >= 0.6 is 0 Å². The average molecular weight is 247 g/mol. The molecule has 0 radical (unpaired) electrons. The van der Waals surface area contributed by atoms with Crippen LogP contribution < -0.4 is 5.32 Å². The maximum absolute atomic E-state index is 12.6. The molecule has 0 bridgehead atoms. The van der Waals surface area contributed by atoms with Crippen molar-refractivity contribution in [2.45, 2.75) is 52.5 Å². The van der Waals surface area contributed by atoms with Crippen molar-refractivity contribution < 1.29 is 4.79 Å². The van der Waals surface area contributed by atoms with E-state index in [-0.39, 0.29) is 17.4 Å². The van der Waals surface area contributed by atoms with Gasteiger partial charge in [0.1, 0.15) is 0 Å². The number of carbonyl (C=O) groups excluding carboxylic acids is 1. The molecule has 0 aliphatic rings. The van der Waals surface area contributed by atoms with Crippen molar-refractivity contribution in [1.82, 2.24) is 5.32 Å². The first-order chi connectivity index (χ1) is 8.18. The molecule has 1 amide bonds. The fraction of sp³-hybridized carbons (Fsp3) is 0.562. The number of nitrogens with one attached hydrogen (secondary N) is 1. The van der Waals surface area contributed by atoms with E-state index >= 15 is 0 Å². The maximum Gasteiger partial charge on any atom is 0.231 e. The van der Waals surface area contributed by atoms with Gasteiger partial charge in [-0.2, -0.15) is 0 Å². The van der Waals surface area contributed by atoms with Gasteiger partial charge in [0.25, 0.3) is 0 Å². The van der Waals surface area contributed by atoms with E-state index in [2.05, 4.69) is 19.2 Å². The van der Waals surface area contributed by atoms with E-state index in [1.54, 1.807) is 0 Å². The van der Waals surface area contributed by atoms with Gasteiger partial charge in [-0.05, 0) is 39.2 Å². The SMILES string of the molecule is CC(C)C(C)(C(=O)NC(C)(C)C)c1ccccc1. The molecule has 100 valence electrons. The number of carbonyl (C=O) groups is 1. The molecule has 0 fully saturated rings. The number of rotatable bonds is 3. The molecular formula is C16H25NO. The third-order valence-electron chi connectivity index (χ3n) is 3.49. The summed E-state index contributed by atoms with van der Waals surface area (Å²) >= 11 is 0. The van der Waals surface area contributed by atoms with Crippen LogP contribution in [0.25, 0.3) is 0 Å². The molecule has 0 saturated heterocycles. The lowest BCUT2D eigenvalue weighted by Crippen LogP contribution is -2.52. The van der Waals surface area contributed by atoms with Gasteiger partial charge in [-0.25, -0.2) is 0 Å². The van der Waals surface area contributed by atoms with E-state index in [9.17, 15) is 4.79 Å². The fourth-order valence-corrected chi connectivity index (χ4v) is 1.98. The molecule has 0 spiro atoms. The summed E-state index contributed by atoms with van der Waals surface area (Å²) < 4.78 is 0. The summed E-state index contributed by atoms with van der Waals surface area (Å²) in [6.45, 7) is 12.2. The van der Waals surface area contributed by atoms with Crippen molar-refractivity contribution >= 4 is 5.91 Å². The highest BCUT2D eigenvalue weighted by Crippen LogP contribution is 2.32. The van der Waals surface area contributed by atoms with Crippen LogP contribution in [-0.4, -0.2) is 11.4 Å². The van der Waals surface area contributed by atoms with Gasteiger partial charge >= 0.3 is 0 Å². The van der Waals surface area contributed by atoms with Gasteiger partial charge in [0.2, 0.25) is 5.91 Å². The third-order valence-corrected chi connectivity index (χ3v) is 3.49. The quantitative estimate of drug-likeness (QED) is 0.870. The largest absolute Gasteiger partial charge is 0.351 e. The normalized spacial score (nSPS) is 15.3. The molecule has 2 heteroatoms. The van der Waals surface area contributed by atoms with Crippen molar-refractivity contribution in [3.05, 3.63) is 35.9 Å². The maximum atomic E-state index is 12.6. The van der Waals surface area contributed by atoms with Crippen LogP contribution in [0.1, 0.15) is 47.1 Å². The second-order valence-corrected chi connectivity index (χ2v) is 6.43.